The monoisotopic (exact) mass is 280 g/mol. The summed E-state index contributed by atoms with van der Waals surface area (Å²) in [6, 6.07) is 6.24. The highest BCUT2D eigenvalue weighted by molar-refractivity contribution is 5.87. The second kappa shape index (κ2) is 6.38. The molecular weight excluding hydrogens is 260 g/mol. The van der Waals surface area contributed by atoms with Crippen molar-refractivity contribution in [1.29, 1.82) is 0 Å². The van der Waals surface area contributed by atoms with Gasteiger partial charge in [0.15, 0.2) is 0 Å². The van der Waals surface area contributed by atoms with Gasteiger partial charge in [0.25, 0.3) is 0 Å². The van der Waals surface area contributed by atoms with Gasteiger partial charge in [-0.05, 0) is 45.4 Å². The molecule has 1 aromatic rings. The molecule has 0 aliphatic rings. The van der Waals surface area contributed by atoms with E-state index in [1.807, 2.05) is 6.92 Å². The number of hydrogen-bond acceptors (Lipinski definition) is 4. The lowest BCUT2D eigenvalue weighted by molar-refractivity contribution is 0.0489. The van der Waals surface area contributed by atoms with Crippen LogP contribution >= 0.6 is 0 Å². The number of amides is 1. The summed E-state index contributed by atoms with van der Waals surface area (Å²) in [5.41, 5.74) is 5.76. The Bertz CT molecular complexity index is 477. The van der Waals surface area contributed by atoms with Crippen LogP contribution in [0.2, 0.25) is 0 Å². The third-order valence-corrected chi connectivity index (χ3v) is 2.45. The Morgan fingerprint density at radius 3 is 2.20 bits per heavy atom. The largest absolute Gasteiger partial charge is 0.478 e. The summed E-state index contributed by atoms with van der Waals surface area (Å²) < 4.78 is 5.08. The number of carbonyl (C=O) groups excluding carboxylic acids is 1. The highest BCUT2D eigenvalue weighted by atomic mass is 16.6. The van der Waals surface area contributed by atoms with Crippen LogP contribution in [0.15, 0.2) is 24.3 Å². The Hall–Kier alpha value is -2.08. The first-order valence-corrected chi connectivity index (χ1v) is 6.27. The zero-order valence-electron chi connectivity index (χ0n) is 12.1. The minimum absolute atomic E-state index is 0.176. The van der Waals surface area contributed by atoms with Crippen LogP contribution < -0.4 is 10.9 Å². The summed E-state index contributed by atoms with van der Waals surface area (Å²) in [4.78, 5) is 22.2. The first kappa shape index (κ1) is 16.0. The predicted molar refractivity (Wildman–Crippen MR) is 74.3 cm³/mol. The van der Waals surface area contributed by atoms with E-state index < -0.39 is 17.7 Å². The van der Waals surface area contributed by atoms with Gasteiger partial charge in [0, 0.05) is 6.04 Å². The van der Waals surface area contributed by atoms with Crippen molar-refractivity contribution in [2.75, 3.05) is 0 Å². The van der Waals surface area contributed by atoms with Gasteiger partial charge in [-0.25, -0.2) is 15.0 Å². The Morgan fingerprint density at radius 2 is 1.75 bits per heavy atom. The van der Waals surface area contributed by atoms with Crippen LogP contribution in [0.4, 0.5) is 4.79 Å². The van der Waals surface area contributed by atoms with E-state index in [9.17, 15) is 9.59 Å². The highest BCUT2D eigenvalue weighted by Crippen LogP contribution is 2.13. The summed E-state index contributed by atoms with van der Waals surface area (Å²) in [5, 5.41) is 8.81. The Morgan fingerprint density at radius 1 is 1.20 bits per heavy atom. The molecule has 1 rings (SSSR count). The van der Waals surface area contributed by atoms with Crippen molar-refractivity contribution in [2.24, 2.45) is 0 Å². The average Bonchev–Trinajstić information content (AvgIpc) is 2.34. The van der Waals surface area contributed by atoms with Crippen molar-refractivity contribution >= 4 is 12.1 Å². The maximum absolute atomic E-state index is 11.5. The van der Waals surface area contributed by atoms with Gasteiger partial charge >= 0.3 is 12.1 Å². The molecule has 0 aliphatic heterocycles. The molecule has 0 bridgehead atoms. The zero-order valence-corrected chi connectivity index (χ0v) is 12.1. The number of carboxylic acids is 1. The van der Waals surface area contributed by atoms with Crippen molar-refractivity contribution in [3.05, 3.63) is 35.4 Å². The second-order valence-electron chi connectivity index (χ2n) is 5.42. The van der Waals surface area contributed by atoms with Crippen molar-refractivity contribution in [1.82, 2.24) is 10.9 Å². The lowest BCUT2D eigenvalue weighted by atomic mass is 10.1. The molecule has 1 atom stereocenters. The van der Waals surface area contributed by atoms with Crippen LogP contribution in [0.25, 0.3) is 0 Å². The Balaban J connectivity index is 2.52. The van der Waals surface area contributed by atoms with Crippen LogP contribution in [0.5, 0.6) is 0 Å². The number of benzene rings is 1. The van der Waals surface area contributed by atoms with E-state index in [1.165, 1.54) is 12.1 Å². The lowest BCUT2D eigenvalue weighted by Crippen LogP contribution is -2.42. The van der Waals surface area contributed by atoms with Gasteiger partial charge in [0.1, 0.15) is 5.60 Å². The Kier molecular flexibility index (Phi) is 5.10. The molecule has 1 amide bonds. The van der Waals surface area contributed by atoms with E-state index in [-0.39, 0.29) is 11.6 Å². The maximum Gasteiger partial charge on any atom is 0.422 e. The molecular formula is C14H20N2O4. The summed E-state index contributed by atoms with van der Waals surface area (Å²) >= 11 is 0. The summed E-state index contributed by atoms with van der Waals surface area (Å²) in [6.45, 7) is 7.18. The first-order chi connectivity index (χ1) is 9.19. The molecule has 6 nitrogen and oxygen atoms in total. The number of rotatable bonds is 4. The van der Waals surface area contributed by atoms with Crippen LogP contribution in [-0.2, 0) is 4.74 Å². The molecule has 0 spiro atoms. The van der Waals surface area contributed by atoms with Gasteiger partial charge in [-0.3, -0.25) is 5.43 Å². The number of aromatic carboxylic acids is 1. The molecule has 0 saturated carbocycles. The quantitative estimate of drug-likeness (QED) is 0.737. The second-order valence-corrected chi connectivity index (χ2v) is 5.42. The van der Waals surface area contributed by atoms with Gasteiger partial charge in [-0.15, -0.1) is 0 Å². The molecule has 110 valence electrons. The average molecular weight is 280 g/mol. The van der Waals surface area contributed by atoms with Gasteiger partial charge in [-0.2, -0.15) is 0 Å². The number of hydrazine groups is 1. The molecule has 3 N–H and O–H groups in total. The minimum Gasteiger partial charge on any atom is -0.478 e. The van der Waals surface area contributed by atoms with E-state index in [1.54, 1.807) is 32.9 Å². The van der Waals surface area contributed by atoms with Crippen LogP contribution in [0.1, 0.15) is 49.7 Å². The third kappa shape index (κ3) is 5.27. The number of hydrogen-bond donors (Lipinski definition) is 3. The number of nitrogens with one attached hydrogen (secondary N) is 2. The molecule has 0 aliphatic carbocycles. The smallest absolute Gasteiger partial charge is 0.422 e. The molecule has 20 heavy (non-hydrogen) atoms. The van der Waals surface area contributed by atoms with Crippen LogP contribution in [0, 0.1) is 0 Å². The molecule has 6 heteroatoms. The topological polar surface area (TPSA) is 87.7 Å². The molecule has 0 unspecified atom stereocenters. The maximum atomic E-state index is 11.5. The Labute approximate surface area is 118 Å². The van der Waals surface area contributed by atoms with E-state index >= 15 is 0 Å². The molecule has 0 saturated heterocycles. The van der Waals surface area contributed by atoms with Gasteiger partial charge in [0.2, 0.25) is 0 Å². The first-order valence-electron chi connectivity index (χ1n) is 6.27. The SMILES string of the molecule is C[C@H](NNC(=O)OC(C)(C)C)c1ccc(C(=O)O)cc1. The minimum atomic E-state index is -0.968. The summed E-state index contributed by atoms with van der Waals surface area (Å²) in [5.74, 6) is -0.968. The van der Waals surface area contributed by atoms with Crippen LogP contribution in [-0.4, -0.2) is 22.8 Å². The summed E-state index contributed by atoms with van der Waals surface area (Å²) in [7, 11) is 0. The van der Waals surface area contributed by atoms with E-state index in [2.05, 4.69) is 10.9 Å². The van der Waals surface area contributed by atoms with Crippen molar-refractivity contribution in [3.63, 3.8) is 0 Å². The predicted octanol–water partition coefficient (Wildman–Crippen LogP) is 2.48. The van der Waals surface area contributed by atoms with Crippen molar-refractivity contribution in [2.45, 2.75) is 39.3 Å². The normalized spacial score (nSPS) is 12.6. The lowest BCUT2D eigenvalue weighted by Gasteiger charge is -2.21. The number of ether oxygens (including phenoxy) is 1. The van der Waals surface area contributed by atoms with E-state index in [0.29, 0.717) is 0 Å². The van der Waals surface area contributed by atoms with Crippen LogP contribution in [0.3, 0.4) is 0 Å². The fourth-order valence-electron chi connectivity index (χ4n) is 1.47. The molecule has 0 fully saturated rings. The number of carboxylic acid groups (broad SMARTS) is 1. The van der Waals surface area contributed by atoms with E-state index in [4.69, 9.17) is 9.84 Å². The van der Waals surface area contributed by atoms with Crippen molar-refractivity contribution in [3.8, 4) is 0 Å². The van der Waals surface area contributed by atoms with Gasteiger partial charge in [0.05, 0.1) is 5.56 Å². The summed E-state index contributed by atoms with van der Waals surface area (Å²) in [6.07, 6.45) is -0.563. The van der Waals surface area contributed by atoms with Gasteiger partial charge < -0.3 is 9.84 Å². The highest BCUT2D eigenvalue weighted by Gasteiger charge is 2.16. The van der Waals surface area contributed by atoms with Crippen molar-refractivity contribution < 1.29 is 19.4 Å². The number of carbonyl (C=O) groups is 2. The standard InChI is InChI=1S/C14H20N2O4/c1-9(15-16-13(19)20-14(2,3)4)10-5-7-11(8-6-10)12(17)18/h5-9,15H,1-4H3,(H,16,19)(H,17,18)/t9-/m0/s1. The fourth-order valence-corrected chi connectivity index (χ4v) is 1.47. The molecule has 0 radical (unpaired) electrons. The van der Waals surface area contributed by atoms with E-state index in [0.717, 1.165) is 5.56 Å². The van der Waals surface area contributed by atoms with Gasteiger partial charge in [-0.1, -0.05) is 12.1 Å². The molecule has 0 heterocycles. The molecule has 0 aromatic heterocycles. The fraction of sp³-hybridized carbons (Fsp3) is 0.429. The zero-order chi connectivity index (χ0) is 15.3. The molecule has 1 aromatic carbocycles. The third-order valence-electron chi connectivity index (χ3n) is 2.45.